The van der Waals surface area contributed by atoms with Crippen molar-refractivity contribution in [3.05, 3.63) is 83.7 Å². The van der Waals surface area contributed by atoms with Crippen LogP contribution in [0.25, 0.3) is 0 Å². The summed E-state index contributed by atoms with van der Waals surface area (Å²) in [4.78, 5) is 14.0. The van der Waals surface area contributed by atoms with Gasteiger partial charge in [0.05, 0.1) is 10.6 Å². The van der Waals surface area contributed by atoms with Crippen LogP contribution in [0.4, 0.5) is 15.8 Å². The fourth-order valence-electron chi connectivity index (χ4n) is 3.67. The molecule has 0 atom stereocenters. The second-order valence-corrected chi connectivity index (χ2v) is 9.46. The molecule has 0 aliphatic carbocycles. The predicted octanol–water partition coefficient (Wildman–Crippen LogP) is 3.93. The molecule has 4 rings (SSSR count). The molecule has 0 spiro atoms. The molecule has 0 aromatic heterocycles. The third-order valence-corrected chi connectivity index (χ3v) is 7.33. The van der Waals surface area contributed by atoms with Crippen LogP contribution in [-0.4, -0.2) is 34.5 Å². The van der Waals surface area contributed by atoms with Crippen LogP contribution in [0, 0.1) is 12.7 Å². The van der Waals surface area contributed by atoms with Crippen LogP contribution in [0.5, 0.6) is 5.75 Å². The minimum Gasteiger partial charge on any atom is -0.483 e. The second-order valence-electron chi connectivity index (χ2n) is 7.60. The number of benzene rings is 3. The number of halogens is 1. The van der Waals surface area contributed by atoms with E-state index < -0.39 is 10.0 Å². The van der Waals surface area contributed by atoms with Gasteiger partial charge in [-0.15, -0.1) is 0 Å². The summed E-state index contributed by atoms with van der Waals surface area (Å²) in [7, 11) is -2.12. The molecule has 1 heterocycles. The number of hydrogen-bond donors (Lipinski definition) is 0. The molecule has 0 saturated carbocycles. The number of amides is 1. The largest absolute Gasteiger partial charge is 0.483 e. The van der Waals surface area contributed by atoms with E-state index in [9.17, 15) is 17.6 Å². The van der Waals surface area contributed by atoms with E-state index in [2.05, 4.69) is 0 Å². The number of aryl methyl sites for hydroxylation is 1. The summed E-state index contributed by atoms with van der Waals surface area (Å²) in [5.41, 5.74) is 2.87. The highest BCUT2D eigenvalue weighted by Crippen LogP contribution is 2.33. The highest BCUT2D eigenvalue weighted by Gasteiger charge is 2.30. The molecule has 0 radical (unpaired) electrons. The number of para-hydroxylation sites is 1. The van der Waals surface area contributed by atoms with Gasteiger partial charge in [0.1, 0.15) is 11.6 Å². The lowest BCUT2D eigenvalue weighted by atomic mass is 10.2. The lowest BCUT2D eigenvalue weighted by Gasteiger charge is -2.21. The Balaban J connectivity index is 1.46. The Bertz CT molecular complexity index is 1260. The second kappa shape index (κ2) is 8.63. The number of hydrogen-bond acceptors (Lipinski definition) is 4. The van der Waals surface area contributed by atoms with Crippen molar-refractivity contribution in [1.29, 1.82) is 0 Å². The maximum Gasteiger partial charge on any atom is 0.264 e. The minimum atomic E-state index is -3.70. The zero-order chi connectivity index (χ0) is 22.9. The van der Waals surface area contributed by atoms with Gasteiger partial charge < -0.3 is 9.64 Å². The van der Waals surface area contributed by atoms with Crippen LogP contribution in [0.3, 0.4) is 0 Å². The first-order valence-corrected chi connectivity index (χ1v) is 11.6. The number of carbonyl (C=O) groups excluding carboxylic acids is 1. The molecule has 3 aromatic carbocycles. The highest BCUT2D eigenvalue weighted by atomic mass is 32.2. The van der Waals surface area contributed by atoms with E-state index in [0.29, 0.717) is 35.7 Å². The van der Waals surface area contributed by atoms with E-state index in [0.717, 1.165) is 5.56 Å². The third-order valence-electron chi connectivity index (χ3n) is 5.52. The molecule has 1 amide bonds. The zero-order valence-corrected chi connectivity index (χ0v) is 18.6. The van der Waals surface area contributed by atoms with Crippen molar-refractivity contribution in [3.63, 3.8) is 0 Å². The molecule has 0 saturated heterocycles. The number of sulfonamides is 1. The molecule has 8 heteroatoms. The first-order valence-electron chi connectivity index (χ1n) is 10.1. The van der Waals surface area contributed by atoms with Crippen LogP contribution >= 0.6 is 0 Å². The van der Waals surface area contributed by atoms with Gasteiger partial charge in [0, 0.05) is 19.3 Å². The Kier molecular flexibility index (Phi) is 5.88. The Morgan fingerprint density at radius 1 is 1.09 bits per heavy atom. The Hall–Kier alpha value is -3.39. The van der Waals surface area contributed by atoms with Crippen LogP contribution in [-0.2, 0) is 21.2 Å². The summed E-state index contributed by atoms with van der Waals surface area (Å²) in [6, 6.07) is 17.7. The maximum atomic E-state index is 13.2. The summed E-state index contributed by atoms with van der Waals surface area (Å²) in [6.45, 7) is 1.91. The summed E-state index contributed by atoms with van der Waals surface area (Å²) >= 11 is 0. The van der Waals surface area contributed by atoms with Crippen LogP contribution in [0.15, 0.2) is 71.6 Å². The first kappa shape index (κ1) is 21.8. The lowest BCUT2D eigenvalue weighted by Crippen LogP contribution is -2.31. The molecule has 0 fully saturated rings. The van der Waals surface area contributed by atoms with Gasteiger partial charge in [0.2, 0.25) is 0 Å². The Morgan fingerprint density at radius 2 is 1.81 bits per heavy atom. The average Bonchev–Trinajstić information content (AvgIpc) is 3.23. The van der Waals surface area contributed by atoms with Crippen molar-refractivity contribution in [2.75, 3.05) is 29.4 Å². The number of fused-ring (bicyclic) bond motifs is 1. The zero-order valence-electron chi connectivity index (χ0n) is 17.8. The van der Waals surface area contributed by atoms with Gasteiger partial charge in [0.25, 0.3) is 15.9 Å². The molecule has 6 nitrogen and oxygen atoms in total. The standard InChI is InChI=1S/C24H23FN2O4S/c1-17-15-21(32(29,30)27-14-13-18-5-3-4-6-22(18)27)11-12-23(17)31-16-24(28)26(2)20-9-7-19(25)8-10-20/h3-12,15H,13-14,16H2,1-2H3. The summed E-state index contributed by atoms with van der Waals surface area (Å²) in [5.74, 6) is -0.276. The molecule has 3 aromatic rings. The third kappa shape index (κ3) is 4.18. The van der Waals surface area contributed by atoms with Crippen molar-refractivity contribution in [2.45, 2.75) is 18.2 Å². The minimum absolute atomic E-state index is 0.175. The Labute approximate surface area is 186 Å². The van der Waals surface area contributed by atoms with Crippen molar-refractivity contribution < 1.29 is 22.3 Å². The van der Waals surface area contributed by atoms with E-state index in [1.165, 1.54) is 39.5 Å². The lowest BCUT2D eigenvalue weighted by molar-refractivity contribution is -0.120. The van der Waals surface area contributed by atoms with Gasteiger partial charge >= 0.3 is 0 Å². The van der Waals surface area contributed by atoms with Gasteiger partial charge in [-0.2, -0.15) is 0 Å². The SMILES string of the molecule is Cc1cc(S(=O)(=O)N2CCc3ccccc32)ccc1OCC(=O)N(C)c1ccc(F)cc1. The number of carbonyl (C=O) groups is 1. The van der Waals surface area contributed by atoms with Gasteiger partial charge in [-0.3, -0.25) is 9.10 Å². The average molecular weight is 455 g/mol. The highest BCUT2D eigenvalue weighted by molar-refractivity contribution is 7.92. The molecular weight excluding hydrogens is 431 g/mol. The van der Waals surface area contributed by atoms with Gasteiger partial charge in [0.15, 0.2) is 6.61 Å². The quantitative estimate of drug-likeness (QED) is 0.566. The smallest absolute Gasteiger partial charge is 0.264 e. The van der Waals surface area contributed by atoms with Gasteiger partial charge in [-0.1, -0.05) is 18.2 Å². The molecule has 0 bridgehead atoms. The fraction of sp³-hybridized carbons (Fsp3) is 0.208. The van der Waals surface area contributed by atoms with Crippen LogP contribution < -0.4 is 13.9 Å². The van der Waals surface area contributed by atoms with Gasteiger partial charge in [-0.25, -0.2) is 12.8 Å². The Morgan fingerprint density at radius 3 is 2.53 bits per heavy atom. The number of rotatable bonds is 6. The molecule has 32 heavy (non-hydrogen) atoms. The summed E-state index contributed by atoms with van der Waals surface area (Å²) in [5, 5.41) is 0. The van der Waals surface area contributed by atoms with Crippen molar-refractivity contribution in [1.82, 2.24) is 0 Å². The molecule has 0 unspecified atom stereocenters. The van der Waals surface area contributed by atoms with E-state index in [1.807, 2.05) is 24.3 Å². The van der Waals surface area contributed by atoms with Crippen LogP contribution in [0.1, 0.15) is 11.1 Å². The molecule has 0 N–H and O–H groups in total. The van der Waals surface area contributed by atoms with Crippen molar-refractivity contribution in [3.8, 4) is 5.75 Å². The maximum absolute atomic E-state index is 13.2. The number of ether oxygens (including phenoxy) is 1. The van der Waals surface area contributed by atoms with E-state index in [4.69, 9.17) is 4.74 Å². The van der Waals surface area contributed by atoms with E-state index >= 15 is 0 Å². The molecule has 166 valence electrons. The topological polar surface area (TPSA) is 66.9 Å². The summed E-state index contributed by atoms with van der Waals surface area (Å²) < 4.78 is 46.5. The van der Waals surface area contributed by atoms with Gasteiger partial charge in [-0.05, 0) is 73.0 Å². The number of likely N-dealkylation sites (N-methyl/N-ethyl adjacent to an activating group) is 1. The normalized spacial score (nSPS) is 13.0. The van der Waals surface area contributed by atoms with Crippen molar-refractivity contribution >= 4 is 27.3 Å². The predicted molar refractivity (Wildman–Crippen MR) is 121 cm³/mol. The first-order chi connectivity index (χ1) is 15.3. The number of nitrogens with zero attached hydrogens (tertiary/aromatic N) is 2. The van der Waals surface area contributed by atoms with E-state index in [1.54, 1.807) is 26.1 Å². The number of anilines is 2. The molecular formula is C24H23FN2O4S. The fourth-order valence-corrected chi connectivity index (χ4v) is 5.26. The summed E-state index contributed by atoms with van der Waals surface area (Å²) in [6.07, 6.45) is 0.680. The monoisotopic (exact) mass is 454 g/mol. The van der Waals surface area contributed by atoms with E-state index in [-0.39, 0.29) is 23.2 Å². The van der Waals surface area contributed by atoms with Crippen molar-refractivity contribution in [2.24, 2.45) is 0 Å². The van der Waals surface area contributed by atoms with Crippen LogP contribution in [0.2, 0.25) is 0 Å². The molecule has 1 aliphatic rings. The molecule has 1 aliphatic heterocycles.